The van der Waals surface area contributed by atoms with Gasteiger partial charge in [0, 0.05) is 26.3 Å². The van der Waals surface area contributed by atoms with Crippen LogP contribution in [0.25, 0.3) is 0 Å². The number of nitrogens with zero attached hydrogens (tertiary/aromatic N) is 2. The second-order valence-corrected chi connectivity index (χ2v) is 5.94. The molecule has 1 aliphatic heterocycles. The monoisotopic (exact) mass is 261 g/mol. The van der Waals surface area contributed by atoms with E-state index in [1.807, 2.05) is 0 Å². The van der Waals surface area contributed by atoms with Crippen LogP contribution in [-0.2, 0) is 6.54 Å². The fourth-order valence-electron chi connectivity index (χ4n) is 2.60. The minimum Gasteiger partial charge on any atom is -0.378 e. The Bertz CT molecular complexity index is 364. The Hall–Kier alpha value is -1.06. The van der Waals surface area contributed by atoms with Crippen LogP contribution in [0.3, 0.4) is 0 Å². The Morgan fingerprint density at radius 2 is 1.79 bits per heavy atom. The molecule has 1 N–H and O–H groups in total. The third kappa shape index (κ3) is 4.51. The Morgan fingerprint density at radius 3 is 2.37 bits per heavy atom. The van der Waals surface area contributed by atoms with Gasteiger partial charge in [0.05, 0.1) is 0 Å². The summed E-state index contributed by atoms with van der Waals surface area (Å²) >= 11 is 0. The summed E-state index contributed by atoms with van der Waals surface area (Å²) in [5.74, 6) is 0.859. The molecule has 1 fully saturated rings. The Morgan fingerprint density at radius 1 is 1.16 bits per heavy atom. The van der Waals surface area contributed by atoms with Gasteiger partial charge >= 0.3 is 0 Å². The van der Waals surface area contributed by atoms with Gasteiger partial charge in [0.1, 0.15) is 0 Å². The summed E-state index contributed by atoms with van der Waals surface area (Å²) in [7, 11) is 6.37. The molecule has 1 heterocycles. The van der Waals surface area contributed by atoms with Gasteiger partial charge in [-0.15, -0.1) is 0 Å². The summed E-state index contributed by atoms with van der Waals surface area (Å²) < 4.78 is 0. The molecule has 19 heavy (non-hydrogen) atoms. The van der Waals surface area contributed by atoms with E-state index in [2.05, 4.69) is 60.5 Å². The second-order valence-electron chi connectivity index (χ2n) is 5.94. The van der Waals surface area contributed by atoms with Crippen molar-refractivity contribution >= 4 is 5.69 Å². The quantitative estimate of drug-likeness (QED) is 0.876. The standard InChI is InChI=1S/C16H27N3/c1-18(2)16-6-4-14(5-7-16)12-17-13-15-8-10-19(3)11-9-15/h4-7,15,17H,8-13H2,1-3H3. The molecule has 1 saturated heterocycles. The Labute approximate surface area is 117 Å². The average molecular weight is 261 g/mol. The molecular weight excluding hydrogens is 234 g/mol. The summed E-state index contributed by atoms with van der Waals surface area (Å²) in [6.07, 6.45) is 2.67. The van der Waals surface area contributed by atoms with Gasteiger partial charge in [0.15, 0.2) is 0 Å². The van der Waals surface area contributed by atoms with Gasteiger partial charge in [-0.2, -0.15) is 0 Å². The number of piperidine rings is 1. The van der Waals surface area contributed by atoms with E-state index in [9.17, 15) is 0 Å². The number of nitrogens with one attached hydrogen (secondary N) is 1. The van der Waals surface area contributed by atoms with Crippen LogP contribution in [0, 0.1) is 5.92 Å². The minimum atomic E-state index is 0.859. The number of likely N-dealkylation sites (tertiary alicyclic amines) is 1. The summed E-state index contributed by atoms with van der Waals surface area (Å²) in [6, 6.07) is 8.81. The zero-order valence-corrected chi connectivity index (χ0v) is 12.5. The molecule has 0 aromatic heterocycles. The van der Waals surface area contributed by atoms with Crippen molar-refractivity contribution in [1.29, 1.82) is 0 Å². The predicted octanol–water partition coefficient (Wildman–Crippen LogP) is 2.18. The zero-order chi connectivity index (χ0) is 13.7. The fraction of sp³-hybridized carbons (Fsp3) is 0.625. The first-order valence-corrected chi connectivity index (χ1v) is 7.30. The minimum absolute atomic E-state index is 0.859. The molecule has 106 valence electrons. The van der Waals surface area contributed by atoms with Crippen molar-refractivity contribution in [2.24, 2.45) is 5.92 Å². The third-order valence-corrected chi connectivity index (χ3v) is 4.05. The molecule has 0 atom stereocenters. The van der Waals surface area contributed by atoms with Crippen molar-refractivity contribution in [3.8, 4) is 0 Å². The molecule has 1 aromatic rings. The molecule has 0 aliphatic carbocycles. The number of hydrogen-bond acceptors (Lipinski definition) is 3. The van der Waals surface area contributed by atoms with Gasteiger partial charge in [-0.3, -0.25) is 0 Å². The summed E-state index contributed by atoms with van der Waals surface area (Å²) in [6.45, 7) is 4.65. The first-order valence-electron chi connectivity index (χ1n) is 7.30. The van der Waals surface area contributed by atoms with Gasteiger partial charge in [-0.25, -0.2) is 0 Å². The largest absolute Gasteiger partial charge is 0.378 e. The van der Waals surface area contributed by atoms with Crippen LogP contribution in [0.1, 0.15) is 18.4 Å². The van der Waals surface area contributed by atoms with E-state index in [0.29, 0.717) is 0 Å². The first kappa shape index (κ1) is 14.4. The van der Waals surface area contributed by atoms with Crippen LogP contribution in [0.15, 0.2) is 24.3 Å². The molecule has 0 bridgehead atoms. The third-order valence-electron chi connectivity index (χ3n) is 4.05. The number of hydrogen-bond donors (Lipinski definition) is 1. The van der Waals surface area contributed by atoms with Crippen molar-refractivity contribution in [3.05, 3.63) is 29.8 Å². The van der Waals surface area contributed by atoms with Crippen molar-refractivity contribution in [2.75, 3.05) is 45.7 Å². The van der Waals surface area contributed by atoms with Crippen LogP contribution >= 0.6 is 0 Å². The first-order chi connectivity index (χ1) is 9.15. The predicted molar refractivity (Wildman–Crippen MR) is 82.7 cm³/mol. The molecular formula is C16H27N3. The molecule has 0 saturated carbocycles. The highest BCUT2D eigenvalue weighted by atomic mass is 15.1. The average Bonchev–Trinajstić information content (AvgIpc) is 2.41. The number of benzene rings is 1. The van der Waals surface area contributed by atoms with E-state index in [-0.39, 0.29) is 0 Å². The zero-order valence-electron chi connectivity index (χ0n) is 12.5. The van der Waals surface area contributed by atoms with Gasteiger partial charge in [0.2, 0.25) is 0 Å². The lowest BCUT2D eigenvalue weighted by Crippen LogP contribution is -2.34. The van der Waals surface area contributed by atoms with Gasteiger partial charge in [0.25, 0.3) is 0 Å². The molecule has 3 nitrogen and oxygen atoms in total. The topological polar surface area (TPSA) is 18.5 Å². The highest BCUT2D eigenvalue weighted by Gasteiger charge is 2.15. The summed E-state index contributed by atoms with van der Waals surface area (Å²) in [4.78, 5) is 4.56. The molecule has 1 aromatic carbocycles. The van der Waals surface area contributed by atoms with Crippen molar-refractivity contribution < 1.29 is 0 Å². The molecule has 0 amide bonds. The lowest BCUT2D eigenvalue weighted by atomic mass is 9.97. The van der Waals surface area contributed by atoms with Crippen LogP contribution in [0.5, 0.6) is 0 Å². The van der Waals surface area contributed by atoms with E-state index < -0.39 is 0 Å². The van der Waals surface area contributed by atoms with Crippen molar-refractivity contribution in [1.82, 2.24) is 10.2 Å². The van der Waals surface area contributed by atoms with E-state index >= 15 is 0 Å². The fourth-order valence-corrected chi connectivity index (χ4v) is 2.60. The molecule has 0 radical (unpaired) electrons. The number of rotatable bonds is 5. The molecule has 0 spiro atoms. The van der Waals surface area contributed by atoms with Crippen molar-refractivity contribution in [3.63, 3.8) is 0 Å². The van der Waals surface area contributed by atoms with Crippen LogP contribution < -0.4 is 10.2 Å². The van der Waals surface area contributed by atoms with Crippen molar-refractivity contribution in [2.45, 2.75) is 19.4 Å². The van der Waals surface area contributed by atoms with Crippen LogP contribution in [0.2, 0.25) is 0 Å². The second kappa shape index (κ2) is 6.92. The van der Waals surface area contributed by atoms with E-state index in [1.54, 1.807) is 0 Å². The molecule has 2 rings (SSSR count). The maximum absolute atomic E-state index is 3.60. The normalized spacial score (nSPS) is 17.6. The van der Waals surface area contributed by atoms with Gasteiger partial charge in [-0.1, -0.05) is 12.1 Å². The highest BCUT2D eigenvalue weighted by Crippen LogP contribution is 2.15. The molecule has 0 unspecified atom stereocenters. The maximum atomic E-state index is 3.60. The number of anilines is 1. The van der Waals surface area contributed by atoms with E-state index in [1.165, 1.54) is 37.2 Å². The summed E-state index contributed by atoms with van der Waals surface area (Å²) in [5.41, 5.74) is 2.64. The van der Waals surface area contributed by atoms with Crippen LogP contribution in [0.4, 0.5) is 5.69 Å². The van der Waals surface area contributed by atoms with Gasteiger partial charge < -0.3 is 15.1 Å². The Kier molecular flexibility index (Phi) is 5.23. The molecule has 3 heteroatoms. The lowest BCUT2D eigenvalue weighted by molar-refractivity contribution is 0.216. The molecule has 1 aliphatic rings. The van der Waals surface area contributed by atoms with Gasteiger partial charge in [-0.05, 0) is 63.1 Å². The highest BCUT2D eigenvalue weighted by molar-refractivity contribution is 5.45. The van der Waals surface area contributed by atoms with E-state index in [4.69, 9.17) is 0 Å². The smallest absolute Gasteiger partial charge is 0.0361 e. The lowest BCUT2D eigenvalue weighted by Gasteiger charge is -2.29. The maximum Gasteiger partial charge on any atom is 0.0361 e. The SMILES string of the molecule is CN1CCC(CNCc2ccc(N(C)C)cc2)CC1. The Balaban J connectivity index is 1.70. The van der Waals surface area contributed by atoms with E-state index in [0.717, 1.165) is 19.0 Å². The summed E-state index contributed by atoms with van der Waals surface area (Å²) in [5, 5.41) is 3.60. The van der Waals surface area contributed by atoms with Crippen LogP contribution in [-0.4, -0.2) is 45.7 Å².